The number of fused-ring (bicyclic) bond motifs is 6. The van der Waals surface area contributed by atoms with Gasteiger partial charge in [-0.1, -0.05) is 66.2 Å². The minimum absolute atomic E-state index is 0.355. The summed E-state index contributed by atoms with van der Waals surface area (Å²) in [6.07, 6.45) is 0. The average Bonchev–Trinajstić information content (AvgIpc) is 3.12. The highest BCUT2D eigenvalue weighted by molar-refractivity contribution is 6.33. The fourth-order valence-corrected chi connectivity index (χ4v) is 4.91. The zero-order valence-electron chi connectivity index (χ0n) is 17.2. The zero-order valence-corrected chi connectivity index (χ0v) is 17.9. The second kappa shape index (κ2) is 6.87. The van der Waals surface area contributed by atoms with Crippen LogP contribution in [0.25, 0.3) is 0 Å². The van der Waals surface area contributed by atoms with Crippen LogP contribution in [-0.2, 0) is 10.3 Å². The lowest BCUT2D eigenvalue weighted by atomic mass is 9.76. The van der Waals surface area contributed by atoms with Crippen LogP contribution in [0.15, 0.2) is 84.9 Å². The molecule has 1 spiro atoms. The smallest absolute Gasteiger partial charge is 0.340 e. The summed E-state index contributed by atoms with van der Waals surface area (Å²) in [5, 5.41) is 4.04. The fourth-order valence-electron chi connectivity index (χ4n) is 4.72. The summed E-state index contributed by atoms with van der Waals surface area (Å²) in [6.45, 7) is 1.93. The second-order valence-corrected chi connectivity index (χ2v) is 8.36. The number of hydrogen-bond acceptors (Lipinski definition) is 4. The minimum Gasteiger partial charge on any atom is -0.456 e. The molecule has 4 nitrogen and oxygen atoms in total. The molecule has 2 aliphatic heterocycles. The summed E-state index contributed by atoms with van der Waals surface area (Å²) in [5.74, 6) is 0.973. The number of anilines is 2. The minimum atomic E-state index is -1.13. The third-order valence-corrected chi connectivity index (χ3v) is 6.44. The molecule has 6 rings (SSSR count). The number of hydrogen-bond donors (Lipinski definition) is 1. The topological polar surface area (TPSA) is 47.6 Å². The molecule has 5 heteroatoms. The van der Waals surface area contributed by atoms with Crippen molar-refractivity contribution in [1.82, 2.24) is 0 Å². The Morgan fingerprint density at radius 1 is 0.781 bits per heavy atom. The summed E-state index contributed by atoms with van der Waals surface area (Å²) < 4.78 is 12.5. The van der Waals surface area contributed by atoms with Crippen LogP contribution in [0.5, 0.6) is 11.5 Å². The number of carbonyl (C=O) groups excluding carboxylic acids is 1. The SMILES string of the molecule is Cc1ccc(Nc2ccccc2Cl)c2c1C(=O)OC21c2ccccc2Oc2ccccc21. The van der Waals surface area contributed by atoms with Crippen molar-refractivity contribution in [2.24, 2.45) is 0 Å². The quantitative estimate of drug-likeness (QED) is 0.343. The monoisotopic (exact) mass is 439 g/mol. The van der Waals surface area contributed by atoms with Gasteiger partial charge in [-0.05, 0) is 42.8 Å². The lowest BCUT2D eigenvalue weighted by molar-refractivity contribution is 0.0225. The average molecular weight is 440 g/mol. The summed E-state index contributed by atoms with van der Waals surface area (Å²) in [6, 6.07) is 26.8. The van der Waals surface area contributed by atoms with E-state index in [-0.39, 0.29) is 5.97 Å². The molecular formula is C27H18ClNO3. The van der Waals surface area contributed by atoms with Gasteiger partial charge < -0.3 is 14.8 Å². The van der Waals surface area contributed by atoms with E-state index in [0.29, 0.717) is 22.1 Å². The normalized spacial score (nSPS) is 14.8. The second-order valence-electron chi connectivity index (χ2n) is 7.95. The molecule has 0 radical (unpaired) electrons. The van der Waals surface area contributed by atoms with Gasteiger partial charge in [-0.2, -0.15) is 0 Å². The number of esters is 1. The number of aryl methyl sites for hydroxylation is 1. The van der Waals surface area contributed by atoms with Gasteiger partial charge in [0.2, 0.25) is 0 Å². The maximum atomic E-state index is 13.3. The predicted octanol–water partition coefficient (Wildman–Crippen LogP) is 6.96. The van der Waals surface area contributed by atoms with E-state index >= 15 is 0 Å². The van der Waals surface area contributed by atoms with Crippen molar-refractivity contribution in [2.75, 3.05) is 5.32 Å². The summed E-state index contributed by atoms with van der Waals surface area (Å²) in [7, 11) is 0. The third-order valence-electron chi connectivity index (χ3n) is 6.11. The molecule has 4 aromatic carbocycles. The lowest BCUT2D eigenvalue weighted by Gasteiger charge is -2.37. The van der Waals surface area contributed by atoms with Gasteiger partial charge in [0, 0.05) is 22.4 Å². The first-order valence-corrected chi connectivity index (χ1v) is 10.7. The van der Waals surface area contributed by atoms with Crippen molar-refractivity contribution >= 4 is 28.9 Å². The molecule has 0 saturated heterocycles. The number of ether oxygens (including phenoxy) is 2. The number of nitrogens with one attached hydrogen (secondary N) is 1. The van der Waals surface area contributed by atoms with Crippen LogP contribution in [0, 0.1) is 6.92 Å². The predicted molar refractivity (Wildman–Crippen MR) is 124 cm³/mol. The standard InChI is InChI=1S/C27H18ClNO3/c1-16-14-15-21(29-20-11-5-4-10-19(20)28)25-24(16)26(30)32-27(25)17-8-2-6-12-22(17)31-23-13-7-3-9-18(23)27/h2-15,29H,1H3. The molecule has 2 heterocycles. The van der Waals surface area contributed by atoms with Gasteiger partial charge in [-0.25, -0.2) is 4.79 Å². The zero-order chi connectivity index (χ0) is 21.9. The Labute approximate surface area is 190 Å². The Balaban J connectivity index is 1.69. The van der Waals surface area contributed by atoms with Crippen molar-refractivity contribution in [3.63, 3.8) is 0 Å². The fraction of sp³-hybridized carbons (Fsp3) is 0.0741. The lowest BCUT2D eigenvalue weighted by Crippen LogP contribution is -2.33. The summed E-state index contributed by atoms with van der Waals surface area (Å²) >= 11 is 6.44. The number of carbonyl (C=O) groups is 1. The highest BCUT2D eigenvalue weighted by atomic mass is 35.5. The van der Waals surface area contributed by atoms with Gasteiger partial charge in [-0.3, -0.25) is 0 Å². The molecule has 0 fully saturated rings. The molecule has 0 unspecified atom stereocenters. The molecule has 0 aromatic heterocycles. The highest BCUT2D eigenvalue weighted by Gasteiger charge is 2.55. The van der Waals surface area contributed by atoms with E-state index < -0.39 is 5.60 Å². The number of rotatable bonds is 2. The molecule has 0 amide bonds. The number of para-hydroxylation sites is 3. The summed E-state index contributed by atoms with van der Waals surface area (Å²) in [4.78, 5) is 13.3. The number of benzene rings is 4. The van der Waals surface area contributed by atoms with Crippen molar-refractivity contribution in [3.8, 4) is 11.5 Å². The first-order valence-electron chi connectivity index (χ1n) is 10.4. The Morgan fingerprint density at radius 2 is 1.41 bits per heavy atom. The molecule has 156 valence electrons. The molecule has 0 atom stereocenters. The van der Waals surface area contributed by atoms with Gasteiger partial charge in [0.15, 0.2) is 5.60 Å². The van der Waals surface area contributed by atoms with Gasteiger partial charge in [0.25, 0.3) is 0 Å². The molecule has 32 heavy (non-hydrogen) atoms. The largest absolute Gasteiger partial charge is 0.456 e. The van der Waals surface area contributed by atoms with Crippen LogP contribution in [0.3, 0.4) is 0 Å². The van der Waals surface area contributed by atoms with Gasteiger partial charge in [0.1, 0.15) is 11.5 Å². The first kappa shape index (κ1) is 19.0. The molecule has 0 aliphatic carbocycles. The Bertz CT molecular complexity index is 1370. The van der Waals surface area contributed by atoms with Crippen LogP contribution >= 0.6 is 11.6 Å². The van der Waals surface area contributed by atoms with Crippen LogP contribution in [0.2, 0.25) is 5.02 Å². The molecular weight excluding hydrogens is 422 g/mol. The van der Waals surface area contributed by atoms with Gasteiger partial charge in [-0.15, -0.1) is 0 Å². The van der Waals surface area contributed by atoms with E-state index in [1.165, 1.54) is 0 Å². The number of halogens is 1. The molecule has 0 saturated carbocycles. The highest BCUT2D eigenvalue weighted by Crippen LogP contribution is 2.58. The van der Waals surface area contributed by atoms with E-state index in [1.54, 1.807) is 0 Å². The van der Waals surface area contributed by atoms with E-state index in [1.807, 2.05) is 91.9 Å². The van der Waals surface area contributed by atoms with Crippen molar-refractivity contribution < 1.29 is 14.3 Å². The molecule has 4 aromatic rings. The molecule has 2 aliphatic rings. The molecule has 1 N–H and O–H groups in total. The van der Waals surface area contributed by atoms with Crippen LogP contribution < -0.4 is 10.1 Å². The van der Waals surface area contributed by atoms with E-state index in [9.17, 15) is 4.79 Å². The van der Waals surface area contributed by atoms with E-state index in [0.717, 1.165) is 33.6 Å². The van der Waals surface area contributed by atoms with Crippen molar-refractivity contribution in [3.05, 3.63) is 118 Å². The van der Waals surface area contributed by atoms with Crippen LogP contribution in [0.1, 0.15) is 32.6 Å². The Hall–Kier alpha value is -3.76. The third kappa shape index (κ3) is 2.53. The maximum absolute atomic E-state index is 13.3. The Morgan fingerprint density at radius 3 is 2.09 bits per heavy atom. The van der Waals surface area contributed by atoms with E-state index in [2.05, 4.69) is 5.32 Å². The molecule has 0 bridgehead atoms. The van der Waals surface area contributed by atoms with Gasteiger partial charge in [0.05, 0.1) is 16.3 Å². The van der Waals surface area contributed by atoms with E-state index in [4.69, 9.17) is 21.1 Å². The van der Waals surface area contributed by atoms with Crippen molar-refractivity contribution in [2.45, 2.75) is 12.5 Å². The van der Waals surface area contributed by atoms with Crippen molar-refractivity contribution in [1.29, 1.82) is 0 Å². The Kier molecular flexibility index (Phi) is 4.07. The van der Waals surface area contributed by atoms with Crippen LogP contribution in [0.4, 0.5) is 11.4 Å². The first-order chi connectivity index (χ1) is 15.6. The van der Waals surface area contributed by atoms with Crippen LogP contribution in [-0.4, -0.2) is 5.97 Å². The van der Waals surface area contributed by atoms with Gasteiger partial charge >= 0.3 is 5.97 Å². The summed E-state index contributed by atoms with van der Waals surface area (Å²) in [5.41, 5.74) is 4.15. The maximum Gasteiger partial charge on any atom is 0.340 e.